The summed E-state index contributed by atoms with van der Waals surface area (Å²) in [5.74, 6) is -1.53. The van der Waals surface area contributed by atoms with Gasteiger partial charge in [0.05, 0.1) is 25.2 Å². The second-order valence-corrected chi connectivity index (χ2v) is 7.83. The molecular formula is C20H25F3N4O5. The molecule has 176 valence electrons. The van der Waals surface area contributed by atoms with Crippen LogP contribution in [0.25, 0.3) is 0 Å². The molecule has 0 unspecified atom stereocenters. The number of ether oxygens (including phenoxy) is 1. The zero-order valence-corrected chi connectivity index (χ0v) is 17.4. The van der Waals surface area contributed by atoms with Crippen LogP contribution in [0.15, 0.2) is 35.2 Å². The maximum absolute atomic E-state index is 12.0. The van der Waals surface area contributed by atoms with Crippen molar-refractivity contribution in [1.29, 1.82) is 0 Å². The van der Waals surface area contributed by atoms with Crippen molar-refractivity contribution in [2.75, 3.05) is 26.2 Å². The molecule has 0 radical (unpaired) electrons. The van der Waals surface area contributed by atoms with E-state index in [1.54, 1.807) is 12.1 Å². The number of carbonyl (C=O) groups is 2. The Morgan fingerprint density at radius 2 is 2.12 bits per heavy atom. The number of amides is 1. The van der Waals surface area contributed by atoms with Crippen molar-refractivity contribution in [1.82, 2.24) is 20.0 Å². The lowest BCUT2D eigenvalue weighted by atomic mass is 9.84. The predicted molar refractivity (Wildman–Crippen MR) is 105 cm³/mol. The molecule has 12 heteroatoms. The van der Waals surface area contributed by atoms with E-state index in [0.29, 0.717) is 24.1 Å². The van der Waals surface area contributed by atoms with E-state index in [9.17, 15) is 18.0 Å². The third-order valence-electron chi connectivity index (χ3n) is 5.49. The number of hydrogen-bond donors (Lipinski definition) is 2. The molecule has 3 atom stereocenters. The number of furan rings is 1. The predicted octanol–water partition coefficient (Wildman–Crippen LogP) is 1.91. The highest BCUT2D eigenvalue weighted by atomic mass is 19.4. The van der Waals surface area contributed by atoms with Gasteiger partial charge in [-0.15, -0.1) is 0 Å². The van der Waals surface area contributed by atoms with Gasteiger partial charge in [0.25, 0.3) is 5.91 Å². The highest BCUT2D eigenvalue weighted by Gasteiger charge is 2.41. The molecule has 2 fully saturated rings. The SMILES string of the molecule is Cn1cc(CN2CC[C@@H]3[C@@H](CO[C@H]3CNC(=O)c3ccco3)C2)cn1.O=C(O)C(F)(F)F. The first-order valence-corrected chi connectivity index (χ1v) is 10.1. The summed E-state index contributed by atoms with van der Waals surface area (Å²) in [5, 5.41) is 14.3. The minimum Gasteiger partial charge on any atom is -0.475 e. The van der Waals surface area contributed by atoms with Gasteiger partial charge in [-0.3, -0.25) is 14.4 Å². The van der Waals surface area contributed by atoms with Crippen molar-refractivity contribution in [2.45, 2.75) is 25.2 Å². The number of nitrogens with one attached hydrogen (secondary N) is 1. The first kappa shape index (κ1) is 23.8. The van der Waals surface area contributed by atoms with Crippen LogP contribution in [0.1, 0.15) is 22.5 Å². The molecule has 0 spiro atoms. The van der Waals surface area contributed by atoms with Gasteiger partial charge in [0.1, 0.15) is 0 Å². The number of hydrogen-bond acceptors (Lipinski definition) is 6. The summed E-state index contributed by atoms with van der Waals surface area (Å²) in [6, 6.07) is 3.39. The zero-order valence-electron chi connectivity index (χ0n) is 17.4. The lowest BCUT2D eigenvalue weighted by molar-refractivity contribution is -0.192. The number of halogens is 3. The molecule has 0 bridgehead atoms. The first-order chi connectivity index (χ1) is 15.1. The average molecular weight is 458 g/mol. The van der Waals surface area contributed by atoms with Gasteiger partial charge in [-0.2, -0.15) is 18.3 Å². The van der Waals surface area contributed by atoms with Gasteiger partial charge in [0.2, 0.25) is 0 Å². The van der Waals surface area contributed by atoms with E-state index in [-0.39, 0.29) is 12.0 Å². The molecule has 9 nitrogen and oxygen atoms in total. The number of fused-ring (bicyclic) bond motifs is 1. The second-order valence-electron chi connectivity index (χ2n) is 7.83. The standard InChI is InChI=1S/C18H24N4O3.C2HF3O2/c1-21-9-13(7-20-21)10-22-5-4-15-14(11-22)12-25-17(15)8-19-18(23)16-3-2-6-24-16;3-2(4,5)1(6)7/h2-3,6-7,9,14-15,17H,4-5,8,10-12H2,1H3,(H,19,23);(H,6,7)/t14-,15-,17+;/m1./s1. The number of carboxylic acids is 1. The highest BCUT2D eigenvalue weighted by Crippen LogP contribution is 2.34. The molecule has 2 aliphatic heterocycles. The van der Waals surface area contributed by atoms with Crippen LogP contribution in [0.5, 0.6) is 0 Å². The first-order valence-electron chi connectivity index (χ1n) is 10.1. The minimum atomic E-state index is -5.08. The van der Waals surface area contributed by atoms with Crippen molar-refractivity contribution in [2.24, 2.45) is 18.9 Å². The maximum Gasteiger partial charge on any atom is 0.490 e. The van der Waals surface area contributed by atoms with Crippen LogP contribution in [0, 0.1) is 11.8 Å². The number of carbonyl (C=O) groups excluding carboxylic acids is 1. The highest BCUT2D eigenvalue weighted by molar-refractivity contribution is 5.91. The van der Waals surface area contributed by atoms with Crippen molar-refractivity contribution >= 4 is 11.9 Å². The largest absolute Gasteiger partial charge is 0.490 e. The smallest absolute Gasteiger partial charge is 0.475 e. The van der Waals surface area contributed by atoms with Crippen LogP contribution < -0.4 is 5.32 Å². The Hall–Kier alpha value is -2.86. The zero-order chi connectivity index (χ0) is 23.3. The Morgan fingerprint density at radius 1 is 1.38 bits per heavy atom. The summed E-state index contributed by atoms with van der Waals surface area (Å²) in [6.45, 7) is 4.36. The lowest BCUT2D eigenvalue weighted by Crippen LogP contribution is -2.43. The molecular weight excluding hydrogens is 433 g/mol. The molecule has 0 saturated carbocycles. The maximum atomic E-state index is 12.0. The van der Waals surface area contributed by atoms with Gasteiger partial charge in [0, 0.05) is 44.4 Å². The number of aryl methyl sites for hydroxylation is 1. The average Bonchev–Trinajstić information content (AvgIpc) is 3.47. The van der Waals surface area contributed by atoms with E-state index in [0.717, 1.165) is 32.7 Å². The fourth-order valence-corrected chi connectivity index (χ4v) is 4.02. The Bertz CT molecular complexity index is 899. The number of nitrogens with zero attached hydrogens (tertiary/aromatic N) is 3. The molecule has 2 aliphatic rings. The Kier molecular flexibility index (Phi) is 7.56. The van der Waals surface area contributed by atoms with Crippen molar-refractivity contribution < 1.29 is 37.0 Å². The molecule has 2 N–H and O–H groups in total. The van der Waals surface area contributed by atoms with Gasteiger partial charge >= 0.3 is 12.1 Å². The number of likely N-dealkylation sites (tertiary alicyclic amines) is 1. The van der Waals surface area contributed by atoms with Gasteiger partial charge in [0.15, 0.2) is 5.76 Å². The molecule has 0 aromatic carbocycles. The summed E-state index contributed by atoms with van der Waals surface area (Å²) >= 11 is 0. The number of aliphatic carboxylic acids is 1. The van der Waals surface area contributed by atoms with Gasteiger partial charge < -0.3 is 19.6 Å². The third-order valence-corrected chi connectivity index (χ3v) is 5.49. The van der Waals surface area contributed by atoms with Crippen molar-refractivity contribution in [3.63, 3.8) is 0 Å². The minimum absolute atomic E-state index is 0.101. The summed E-state index contributed by atoms with van der Waals surface area (Å²) in [5.41, 5.74) is 1.25. The molecule has 2 aromatic heterocycles. The monoisotopic (exact) mass is 458 g/mol. The van der Waals surface area contributed by atoms with E-state index in [2.05, 4.69) is 21.5 Å². The Balaban J connectivity index is 0.000000360. The molecule has 32 heavy (non-hydrogen) atoms. The molecule has 4 heterocycles. The van der Waals surface area contributed by atoms with Crippen LogP contribution in [0.3, 0.4) is 0 Å². The van der Waals surface area contributed by atoms with E-state index in [4.69, 9.17) is 19.1 Å². The lowest BCUT2D eigenvalue weighted by Gasteiger charge is -2.35. The molecule has 4 rings (SSSR count). The van der Waals surface area contributed by atoms with Crippen molar-refractivity contribution in [3.05, 3.63) is 42.1 Å². The van der Waals surface area contributed by atoms with Gasteiger partial charge in [-0.25, -0.2) is 4.79 Å². The number of alkyl halides is 3. The Labute approximate surface area is 182 Å². The van der Waals surface area contributed by atoms with Crippen LogP contribution in [-0.4, -0.2) is 70.2 Å². The summed E-state index contributed by atoms with van der Waals surface area (Å²) in [6.07, 6.45) is 1.64. The molecule has 1 amide bonds. The fraction of sp³-hybridized carbons (Fsp3) is 0.550. The number of rotatable bonds is 5. The molecule has 0 aliphatic carbocycles. The fourth-order valence-electron chi connectivity index (χ4n) is 4.02. The van der Waals surface area contributed by atoms with E-state index < -0.39 is 12.1 Å². The van der Waals surface area contributed by atoms with Crippen LogP contribution in [0.2, 0.25) is 0 Å². The third kappa shape index (κ3) is 6.33. The number of aromatic nitrogens is 2. The number of piperidine rings is 1. The van der Waals surface area contributed by atoms with Gasteiger partial charge in [-0.1, -0.05) is 0 Å². The van der Waals surface area contributed by atoms with Crippen LogP contribution in [-0.2, 0) is 23.1 Å². The van der Waals surface area contributed by atoms with Crippen LogP contribution >= 0.6 is 0 Å². The Morgan fingerprint density at radius 3 is 2.72 bits per heavy atom. The van der Waals surface area contributed by atoms with E-state index in [1.807, 2.05) is 17.9 Å². The quantitative estimate of drug-likeness (QED) is 0.704. The van der Waals surface area contributed by atoms with Crippen molar-refractivity contribution in [3.8, 4) is 0 Å². The summed E-state index contributed by atoms with van der Waals surface area (Å²) in [7, 11) is 1.95. The van der Waals surface area contributed by atoms with E-state index >= 15 is 0 Å². The summed E-state index contributed by atoms with van der Waals surface area (Å²) < 4.78 is 44.7. The summed E-state index contributed by atoms with van der Waals surface area (Å²) in [4.78, 5) is 23.4. The molecule has 2 aromatic rings. The van der Waals surface area contributed by atoms with Gasteiger partial charge in [-0.05, 0) is 31.0 Å². The van der Waals surface area contributed by atoms with Crippen LogP contribution in [0.4, 0.5) is 13.2 Å². The topological polar surface area (TPSA) is 110 Å². The number of carboxylic acid groups (broad SMARTS) is 1. The molecule has 2 saturated heterocycles. The normalized spacial score (nSPS) is 23.2. The second kappa shape index (κ2) is 10.2. The van der Waals surface area contributed by atoms with E-state index in [1.165, 1.54) is 11.8 Å².